The van der Waals surface area contributed by atoms with Crippen molar-refractivity contribution in [1.82, 2.24) is 9.97 Å². The van der Waals surface area contributed by atoms with Crippen LogP contribution in [0.2, 0.25) is 0 Å². The molecule has 0 aliphatic rings. The second-order valence-electron chi connectivity index (χ2n) is 4.85. The number of nitrogens with one attached hydrogen (secondary N) is 1. The van der Waals surface area contributed by atoms with E-state index >= 15 is 0 Å². The van der Waals surface area contributed by atoms with E-state index < -0.39 is 12.8 Å². The van der Waals surface area contributed by atoms with Crippen molar-refractivity contribution in [3.8, 4) is 5.88 Å². The lowest BCUT2D eigenvalue weighted by molar-refractivity contribution is -0.154. The zero-order chi connectivity index (χ0) is 15.3. The van der Waals surface area contributed by atoms with Crippen molar-refractivity contribution >= 4 is 5.82 Å². The molecule has 1 aromatic rings. The Labute approximate surface area is 116 Å². The van der Waals surface area contributed by atoms with E-state index in [9.17, 15) is 13.2 Å². The fourth-order valence-electron chi connectivity index (χ4n) is 1.48. The predicted molar refractivity (Wildman–Crippen MR) is 71.2 cm³/mol. The number of alkyl halides is 3. The molecule has 0 saturated heterocycles. The van der Waals surface area contributed by atoms with Crippen LogP contribution in [0.5, 0.6) is 5.88 Å². The highest BCUT2D eigenvalue weighted by Gasteiger charge is 2.29. The third kappa shape index (κ3) is 4.86. The molecule has 0 spiro atoms. The molecule has 0 radical (unpaired) electrons. The average molecular weight is 291 g/mol. The van der Waals surface area contributed by atoms with E-state index in [4.69, 9.17) is 4.74 Å². The Balaban J connectivity index is 3.04. The molecule has 1 aromatic heterocycles. The van der Waals surface area contributed by atoms with Gasteiger partial charge in [0.05, 0.1) is 5.56 Å². The maximum atomic E-state index is 12.3. The molecule has 1 N–H and O–H groups in total. The van der Waals surface area contributed by atoms with Gasteiger partial charge in [0, 0.05) is 12.5 Å². The second kappa shape index (κ2) is 6.76. The number of anilines is 1. The lowest BCUT2D eigenvalue weighted by atomic mass is 10.2. The van der Waals surface area contributed by atoms with Gasteiger partial charge >= 0.3 is 6.18 Å². The van der Waals surface area contributed by atoms with Gasteiger partial charge in [-0.25, -0.2) is 4.98 Å². The van der Waals surface area contributed by atoms with Crippen molar-refractivity contribution in [3.05, 3.63) is 11.4 Å². The van der Waals surface area contributed by atoms with E-state index in [1.54, 1.807) is 6.92 Å². The first-order valence-electron chi connectivity index (χ1n) is 6.56. The smallest absolute Gasteiger partial charge is 0.422 e. The fourth-order valence-corrected chi connectivity index (χ4v) is 1.48. The molecule has 0 fully saturated rings. The Morgan fingerprint density at radius 3 is 2.40 bits per heavy atom. The Morgan fingerprint density at radius 1 is 1.25 bits per heavy atom. The van der Waals surface area contributed by atoms with Crippen molar-refractivity contribution in [3.63, 3.8) is 0 Å². The van der Waals surface area contributed by atoms with E-state index in [1.807, 2.05) is 20.8 Å². The molecule has 0 amide bonds. The number of rotatable bonds is 6. The Hall–Kier alpha value is -1.53. The minimum absolute atomic E-state index is 0.00557. The summed E-state index contributed by atoms with van der Waals surface area (Å²) in [6.45, 7) is 6.73. The van der Waals surface area contributed by atoms with Crippen LogP contribution in [-0.4, -0.2) is 29.3 Å². The Kier molecular flexibility index (Phi) is 5.59. The van der Waals surface area contributed by atoms with Crippen molar-refractivity contribution in [2.75, 3.05) is 18.5 Å². The van der Waals surface area contributed by atoms with Gasteiger partial charge < -0.3 is 10.1 Å². The summed E-state index contributed by atoms with van der Waals surface area (Å²) in [7, 11) is 0. The summed E-state index contributed by atoms with van der Waals surface area (Å²) in [4.78, 5) is 8.40. The Morgan fingerprint density at radius 2 is 1.90 bits per heavy atom. The van der Waals surface area contributed by atoms with Crippen LogP contribution in [-0.2, 0) is 0 Å². The van der Waals surface area contributed by atoms with Crippen LogP contribution in [0.3, 0.4) is 0 Å². The van der Waals surface area contributed by atoms with Crippen LogP contribution >= 0.6 is 0 Å². The highest BCUT2D eigenvalue weighted by molar-refractivity contribution is 5.48. The SMILES string of the molecule is CCCNc1nc(C(C)C)nc(OCC(F)(F)F)c1C. The first-order chi connectivity index (χ1) is 9.24. The molecule has 114 valence electrons. The molecule has 0 aromatic carbocycles. The van der Waals surface area contributed by atoms with Gasteiger partial charge in [-0.1, -0.05) is 20.8 Å². The van der Waals surface area contributed by atoms with Crippen LogP contribution in [0.4, 0.5) is 19.0 Å². The molecule has 0 saturated carbocycles. The zero-order valence-corrected chi connectivity index (χ0v) is 12.1. The van der Waals surface area contributed by atoms with E-state index in [-0.39, 0.29) is 11.8 Å². The van der Waals surface area contributed by atoms with Gasteiger partial charge in [0.2, 0.25) is 5.88 Å². The monoisotopic (exact) mass is 291 g/mol. The van der Waals surface area contributed by atoms with Crippen LogP contribution < -0.4 is 10.1 Å². The van der Waals surface area contributed by atoms with Crippen molar-refractivity contribution in [2.45, 2.75) is 46.2 Å². The molecule has 4 nitrogen and oxygen atoms in total. The minimum atomic E-state index is -4.38. The highest BCUT2D eigenvalue weighted by Crippen LogP contribution is 2.26. The van der Waals surface area contributed by atoms with E-state index in [2.05, 4.69) is 15.3 Å². The maximum Gasteiger partial charge on any atom is 0.422 e. The van der Waals surface area contributed by atoms with Crippen LogP contribution in [0, 0.1) is 6.92 Å². The van der Waals surface area contributed by atoms with Crippen LogP contribution in [0.1, 0.15) is 44.5 Å². The summed E-state index contributed by atoms with van der Waals surface area (Å²) in [5.41, 5.74) is 0.493. The summed E-state index contributed by atoms with van der Waals surface area (Å²) in [5.74, 6) is 0.986. The number of hydrogen-bond acceptors (Lipinski definition) is 4. The van der Waals surface area contributed by atoms with Gasteiger partial charge in [0.15, 0.2) is 6.61 Å². The van der Waals surface area contributed by atoms with Gasteiger partial charge in [-0.15, -0.1) is 0 Å². The van der Waals surface area contributed by atoms with Gasteiger partial charge in [-0.05, 0) is 13.3 Å². The normalized spacial score (nSPS) is 11.8. The summed E-state index contributed by atoms with van der Waals surface area (Å²) in [6.07, 6.45) is -3.49. The lowest BCUT2D eigenvalue weighted by Crippen LogP contribution is -2.21. The number of ether oxygens (including phenoxy) is 1. The van der Waals surface area contributed by atoms with Gasteiger partial charge in [0.1, 0.15) is 11.6 Å². The molecule has 20 heavy (non-hydrogen) atoms. The topological polar surface area (TPSA) is 47.0 Å². The fraction of sp³-hybridized carbons (Fsp3) is 0.692. The van der Waals surface area contributed by atoms with E-state index in [0.29, 0.717) is 23.8 Å². The molecule has 0 atom stereocenters. The van der Waals surface area contributed by atoms with Crippen molar-refractivity contribution in [1.29, 1.82) is 0 Å². The molecule has 0 aliphatic heterocycles. The lowest BCUT2D eigenvalue weighted by Gasteiger charge is -2.16. The number of hydrogen-bond donors (Lipinski definition) is 1. The van der Waals surface area contributed by atoms with Crippen molar-refractivity contribution in [2.24, 2.45) is 0 Å². The van der Waals surface area contributed by atoms with Gasteiger partial charge in [0.25, 0.3) is 0 Å². The predicted octanol–water partition coefficient (Wildman–Crippen LogP) is 3.67. The molecule has 7 heteroatoms. The molecule has 0 bridgehead atoms. The third-order valence-corrected chi connectivity index (χ3v) is 2.55. The summed E-state index contributed by atoms with van der Waals surface area (Å²) in [6, 6.07) is 0. The zero-order valence-electron chi connectivity index (χ0n) is 12.1. The van der Waals surface area contributed by atoms with E-state index in [1.165, 1.54) is 0 Å². The number of aromatic nitrogens is 2. The molecule has 0 aliphatic carbocycles. The van der Waals surface area contributed by atoms with E-state index in [0.717, 1.165) is 6.42 Å². The standard InChI is InChI=1S/C13H20F3N3O/c1-5-6-17-11-9(4)12(20-7-13(14,15)16)19-10(18-11)8(2)3/h8H,5-7H2,1-4H3,(H,17,18,19). The highest BCUT2D eigenvalue weighted by atomic mass is 19.4. The molecular weight excluding hydrogens is 271 g/mol. The summed E-state index contributed by atoms with van der Waals surface area (Å²) >= 11 is 0. The minimum Gasteiger partial charge on any atom is -0.468 e. The van der Waals surface area contributed by atoms with Crippen molar-refractivity contribution < 1.29 is 17.9 Å². The molecular formula is C13H20F3N3O. The Bertz CT molecular complexity index is 447. The number of halogens is 3. The molecule has 0 unspecified atom stereocenters. The number of nitrogens with zero attached hydrogens (tertiary/aromatic N) is 2. The first kappa shape index (κ1) is 16.5. The summed E-state index contributed by atoms with van der Waals surface area (Å²) < 4.78 is 41.6. The van der Waals surface area contributed by atoms with Crippen LogP contribution in [0.25, 0.3) is 0 Å². The average Bonchev–Trinajstić information content (AvgIpc) is 2.34. The van der Waals surface area contributed by atoms with Crippen LogP contribution in [0.15, 0.2) is 0 Å². The first-order valence-corrected chi connectivity index (χ1v) is 6.56. The molecule has 1 rings (SSSR count). The van der Waals surface area contributed by atoms with Gasteiger partial charge in [-0.3, -0.25) is 0 Å². The maximum absolute atomic E-state index is 12.3. The van der Waals surface area contributed by atoms with Gasteiger partial charge in [-0.2, -0.15) is 18.2 Å². The quantitative estimate of drug-likeness (QED) is 0.868. The molecule has 1 heterocycles. The third-order valence-electron chi connectivity index (χ3n) is 2.55. The second-order valence-corrected chi connectivity index (χ2v) is 4.85. The summed E-state index contributed by atoms with van der Waals surface area (Å²) in [5, 5.41) is 3.08. The largest absolute Gasteiger partial charge is 0.468 e.